The lowest BCUT2D eigenvalue weighted by atomic mass is 10.1. The minimum atomic E-state index is -0.727. The predicted octanol–water partition coefficient (Wildman–Crippen LogP) is 1.17. The molecule has 0 atom stereocenters. The van der Waals surface area contributed by atoms with E-state index in [0.29, 0.717) is 5.56 Å². The van der Waals surface area contributed by atoms with E-state index in [0.717, 1.165) is 18.8 Å². The van der Waals surface area contributed by atoms with Crippen LogP contribution in [0.4, 0.5) is 5.69 Å². The van der Waals surface area contributed by atoms with Gasteiger partial charge in [-0.2, -0.15) is 0 Å². The Morgan fingerprint density at radius 3 is 2.39 bits per heavy atom. The van der Waals surface area contributed by atoms with Crippen LogP contribution in [-0.2, 0) is 9.53 Å². The van der Waals surface area contributed by atoms with Crippen LogP contribution in [0.25, 0.3) is 0 Å². The first kappa shape index (κ1) is 14.2. The molecule has 5 heteroatoms. The van der Waals surface area contributed by atoms with Crippen LogP contribution in [0.1, 0.15) is 24.2 Å². The number of anilines is 1. The Hall–Kier alpha value is -1.88. The number of hydrogen-bond acceptors (Lipinski definition) is 5. The van der Waals surface area contributed by atoms with Crippen LogP contribution in [0, 0.1) is 0 Å². The number of nitrogens with two attached hydrogens (primary N) is 1. The van der Waals surface area contributed by atoms with Gasteiger partial charge in [-0.15, -0.1) is 0 Å². The Kier molecular flexibility index (Phi) is 5.32. The van der Waals surface area contributed by atoms with Gasteiger partial charge in [0.25, 0.3) is 0 Å². The number of para-hydroxylation sites is 1. The van der Waals surface area contributed by atoms with Gasteiger partial charge in [0.15, 0.2) is 0 Å². The standard InChI is InChI=1S/C13H18N2O3/c1-3-15(4-2)11-8-6-5-7-10(11)13(17)18-12(16)9-14/h5-8H,3-4,9,14H2,1-2H3. The highest BCUT2D eigenvalue weighted by Crippen LogP contribution is 2.20. The van der Waals surface area contributed by atoms with Crippen LogP contribution < -0.4 is 10.6 Å². The van der Waals surface area contributed by atoms with Gasteiger partial charge in [0.2, 0.25) is 0 Å². The molecule has 1 aromatic rings. The molecular weight excluding hydrogens is 232 g/mol. The maximum Gasteiger partial charge on any atom is 0.347 e. The second-order valence-corrected chi connectivity index (χ2v) is 3.66. The average molecular weight is 250 g/mol. The van der Waals surface area contributed by atoms with E-state index >= 15 is 0 Å². The van der Waals surface area contributed by atoms with Crippen molar-refractivity contribution in [2.45, 2.75) is 13.8 Å². The first-order valence-corrected chi connectivity index (χ1v) is 5.93. The summed E-state index contributed by atoms with van der Waals surface area (Å²) < 4.78 is 4.64. The van der Waals surface area contributed by atoms with Gasteiger partial charge in [0.05, 0.1) is 17.8 Å². The van der Waals surface area contributed by atoms with Crippen LogP contribution in [0.2, 0.25) is 0 Å². The molecule has 0 fully saturated rings. The zero-order valence-corrected chi connectivity index (χ0v) is 10.7. The largest absolute Gasteiger partial charge is 0.388 e. The summed E-state index contributed by atoms with van der Waals surface area (Å²) in [4.78, 5) is 24.9. The van der Waals surface area contributed by atoms with Crippen molar-refractivity contribution in [3.05, 3.63) is 29.8 Å². The Balaban J connectivity index is 3.01. The first-order valence-electron chi connectivity index (χ1n) is 5.93. The lowest BCUT2D eigenvalue weighted by Crippen LogP contribution is -2.26. The van der Waals surface area contributed by atoms with Crippen LogP contribution >= 0.6 is 0 Å². The maximum absolute atomic E-state index is 11.8. The van der Waals surface area contributed by atoms with E-state index in [1.165, 1.54) is 0 Å². The molecule has 0 aliphatic heterocycles. The summed E-state index contributed by atoms with van der Waals surface area (Å²) in [5, 5.41) is 0. The third-order valence-corrected chi connectivity index (χ3v) is 2.60. The minimum Gasteiger partial charge on any atom is -0.388 e. The topological polar surface area (TPSA) is 72.6 Å². The van der Waals surface area contributed by atoms with E-state index in [2.05, 4.69) is 4.74 Å². The average Bonchev–Trinajstić information content (AvgIpc) is 2.40. The van der Waals surface area contributed by atoms with Crippen molar-refractivity contribution in [2.75, 3.05) is 24.5 Å². The van der Waals surface area contributed by atoms with Crippen LogP contribution in [-0.4, -0.2) is 31.6 Å². The molecule has 0 bridgehead atoms. The molecule has 0 spiro atoms. The molecule has 0 aliphatic carbocycles. The quantitative estimate of drug-likeness (QED) is 0.627. The SMILES string of the molecule is CCN(CC)c1ccccc1C(=O)OC(=O)CN. The number of esters is 2. The van der Waals surface area contributed by atoms with Gasteiger partial charge in [-0.3, -0.25) is 4.79 Å². The van der Waals surface area contributed by atoms with Crippen molar-refractivity contribution in [2.24, 2.45) is 5.73 Å². The van der Waals surface area contributed by atoms with E-state index < -0.39 is 11.9 Å². The number of hydrogen-bond donors (Lipinski definition) is 1. The van der Waals surface area contributed by atoms with Crippen LogP contribution in [0.3, 0.4) is 0 Å². The van der Waals surface area contributed by atoms with E-state index in [4.69, 9.17) is 5.73 Å². The lowest BCUT2D eigenvalue weighted by Gasteiger charge is -2.23. The summed E-state index contributed by atoms with van der Waals surface area (Å²) in [5.74, 6) is -1.39. The monoisotopic (exact) mass is 250 g/mol. The number of carbonyl (C=O) groups excluding carboxylic acids is 2. The molecule has 0 unspecified atom stereocenters. The molecule has 18 heavy (non-hydrogen) atoms. The lowest BCUT2D eigenvalue weighted by molar-refractivity contribution is -0.136. The van der Waals surface area contributed by atoms with Crippen molar-refractivity contribution >= 4 is 17.6 Å². The number of ether oxygens (including phenoxy) is 1. The summed E-state index contributed by atoms with van der Waals surface area (Å²) >= 11 is 0. The second kappa shape index (κ2) is 6.76. The molecule has 1 rings (SSSR count). The summed E-state index contributed by atoms with van der Waals surface area (Å²) in [6.45, 7) is 5.23. The normalized spacial score (nSPS) is 9.94. The van der Waals surface area contributed by atoms with E-state index in [-0.39, 0.29) is 6.54 Å². The summed E-state index contributed by atoms with van der Waals surface area (Å²) in [6.07, 6.45) is 0. The van der Waals surface area contributed by atoms with E-state index in [1.807, 2.05) is 30.9 Å². The number of nitrogens with zero attached hydrogens (tertiary/aromatic N) is 1. The maximum atomic E-state index is 11.8. The van der Waals surface area contributed by atoms with Crippen molar-refractivity contribution in [3.8, 4) is 0 Å². The number of rotatable bonds is 5. The molecule has 2 N–H and O–H groups in total. The van der Waals surface area contributed by atoms with Gasteiger partial charge >= 0.3 is 11.9 Å². The van der Waals surface area contributed by atoms with Gasteiger partial charge in [-0.05, 0) is 26.0 Å². The Morgan fingerprint density at radius 1 is 1.22 bits per heavy atom. The second-order valence-electron chi connectivity index (χ2n) is 3.66. The zero-order chi connectivity index (χ0) is 13.5. The van der Waals surface area contributed by atoms with Gasteiger partial charge in [0.1, 0.15) is 0 Å². The van der Waals surface area contributed by atoms with Crippen molar-refractivity contribution in [1.29, 1.82) is 0 Å². The van der Waals surface area contributed by atoms with Crippen molar-refractivity contribution in [1.82, 2.24) is 0 Å². The number of carbonyl (C=O) groups is 2. The fourth-order valence-corrected chi connectivity index (χ4v) is 1.69. The van der Waals surface area contributed by atoms with Crippen LogP contribution in [0.15, 0.2) is 24.3 Å². The predicted molar refractivity (Wildman–Crippen MR) is 69.5 cm³/mol. The highest BCUT2D eigenvalue weighted by molar-refractivity contribution is 6.01. The van der Waals surface area contributed by atoms with Crippen LogP contribution in [0.5, 0.6) is 0 Å². The van der Waals surface area contributed by atoms with Gasteiger partial charge in [-0.1, -0.05) is 12.1 Å². The summed E-state index contributed by atoms with van der Waals surface area (Å²) in [7, 11) is 0. The van der Waals surface area contributed by atoms with Gasteiger partial charge in [-0.25, -0.2) is 4.79 Å². The third-order valence-electron chi connectivity index (χ3n) is 2.60. The minimum absolute atomic E-state index is 0.306. The highest BCUT2D eigenvalue weighted by atomic mass is 16.6. The third kappa shape index (κ3) is 3.30. The molecule has 0 saturated carbocycles. The molecular formula is C13H18N2O3. The molecule has 0 aromatic heterocycles. The molecule has 5 nitrogen and oxygen atoms in total. The summed E-state index contributed by atoms with van der Waals surface area (Å²) in [5.41, 5.74) is 6.25. The van der Waals surface area contributed by atoms with Crippen molar-refractivity contribution in [3.63, 3.8) is 0 Å². The molecule has 98 valence electrons. The zero-order valence-electron chi connectivity index (χ0n) is 10.7. The molecule has 0 heterocycles. The molecule has 0 aliphatic rings. The van der Waals surface area contributed by atoms with Crippen molar-refractivity contribution < 1.29 is 14.3 Å². The Labute approximate surface area is 107 Å². The fourth-order valence-electron chi connectivity index (χ4n) is 1.69. The highest BCUT2D eigenvalue weighted by Gasteiger charge is 2.17. The van der Waals surface area contributed by atoms with E-state index in [1.54, 1.807) is 12.1 Å². The molecule has 0 saturated heterocycles. The summed E-state index contributed by atoms with van der Waals surface area (Å²) in [6, 6.07) is 7.04. The van der Waals surface area contributed by atoms with Gasteiger partial charge in [0, 0.05) is 13.1 Å². The molecule has 1 aromatic carbocycles. The molecule has 0 radical (unpaired) electrons. The Bertz CT molecular complexity index is 428. The van der Waals surface area contributed by atoms with Gasteiger partial charge < -0.3 is 15.4 Å². The van der Waals surface area contributed by atoms with E-state index in [9.17, 15) is 9.59 Å². The molecule has 0 amide bonds. The smallest absolute Gasteiger partial charge is 0.347 e. The number of benzene rings is 1. The first-order chi connectivity index (χ1) is 8.63. The fraction of sp³-hybridized carbons (Fsp3) is 0.385. The Morgan fingerprint density at radius 2 is 1.83 bits per heavy atom.